The summed E-state index contributed by atoms with van der Waals surface area (Å²) in [6.07, 6.45) is 6.03. The zero-order chi connectivity index (χ0) is 13.7. The number of thioether (sulfide) groups is 1. The Kier molecular flexibility index (Phi) is 4.68. The first-order valence-corrected chi connectivity index (χ1v) is 6.99. The molecule has 0 spiro atoms. The second-order valence-corrected chi connectivity index (χ2v) is 5.37. The van der Waals surface area contributed by atoms with Crippen molar-refractivity contribution in [3.8, 4) is 0 Å². The molecule has 0 N–H and O–H groups in total. The summed E-state index contributed by atoms with van der Waals surface area (Å²) in [6.45, 7) is 1.55. The fourth-order valence-electron chi connectivity index (χ4n) is 1.72. The summed E-state index contributed by atoms with van der Waals surface area (Å²) in [7, 11) is 0. The number of carbonyl (C=O) groups excluding carboxylic acids is 1. The molecule has 1 aromatic carbocycles. The van der Waals surface area contributed by atoms with Gasteiger partial charge in [0.15, 0.2) is 5.12 Å². The molecule has 0 fully saturated rings. The summed E-state index contributed by atoms with van der Waals surface area (Å²) in [6, 6.07) is 6.97. The highest BCUT2D eigenvalue weighted by atomic mass is 32.2. The van der Waals surface area contributed by atoms with Gasteiger partial charge in [-0.3, -0.25) is 9.78 Å². The summed E-state index contributed by atoms with van der Waals surface area (Å²) >= 11 is 1.28. The minimum Gasteiger partial charge on any atom is -0.288 e. The van der Waals surface area contributed by atoms with Crippen molar-refractivity contribution < 1.29 is 9.18 Å². The number of hydrogen-bond donors (Lipinski definition) is 0. The van der Waals surface area contributed by atoms with Crippen LogP contribution in [0.15, 0.2) is 36.5 Å². The molecule has 0 atom stereocenters. The Hall–Kier alpha value is -1.68. The van der Waals surface area contributed by atoms with E-state index >= 15 is 0 Å². The molecular weight excluding hydrogens is 261 g/mol. The molecule has 2 nitrogen and oxygen atoms in total. The van der Waals surface area contributed by atoms with Crippen LogP contribution in [0, 0.1) is 5.82 Å². The SMILES string of the molecule is CC(=O)SCCC=Cc1cc2cccnc2cc1F. The van der Waals surface area contributed by atoms with Crippen molar-refractivity contribution in [1.29, 1.82) is 0 Å². The second-order valence-electron chi connectivity index (χ2n) is 4.10. The van der Waals surface area contributed by atoms with Gasteiger partial charge in [0.2, 0.25) is 0 Å². The molecular formula is C15H14FNOS. The van der Waals surface area contributed by atoms with Crippen LogP contribution in [0.3, 0.4) is 0 Å². The normalized spacial score (nSPS) is 11.3. The van der Waals surface area contributed by atoms with Gasteiger partial charge >= 0.3 is 0 Å². The largest absolute Gasteiger partial charge is 0.288 e. The van der Waals surface area contributed by atoms with E-state index in [1.165, 1.54) is 17.8 Å². The van der Waals surface area contributed by atoms with E-state index in [1.54, 1.807) is 25.3 Å². The lowest BCUT2D eigenvalue weighted by molar-refractivity contribution is -0.109. The molecule has 0 amide bonds. The van der Waals surface area contributed by atoms with Crippen LogP contribution in [0.4, 0.5) is 4.39 Å². The third-order valence-electron chi connectivity index (χ3n) is 2.61. The number of benzene rings is 1. The van der Waals surface area contributed by atoms with Crippen LogP contribution in [0.2, 0.25) is 0 Å². The highest BCUT2D eigenvalue weighted by Gasteiger charge is 2.02. The zero-order valence-corrected chi connectivity index (χ0v) is 11.4. The molecule has 19 heavy (non-hydrogen) atoms. The summed E-state index contributed by atoms with van der Waals surface area (Å²) < 4.78 is 13.8. The number of aromatic nitrogens is 1. The van der Waals surface area contributed by atoms with Gasteiger partial charge in [0, 0.05) is 35.9 Å². The second kappa shape index (κ2) is 6.48. The quantitative estimate of drug-likeness (QED) is 0.788. The Morgan fingerprint density at radius 3 is 3.11 bits per heavy atom. The van der Waals surface area contributed by atoms with Gasteiger partial charge < -0.3 is 0 Å². The lowest BCUT2D eigenvalue weighted by atomic mass is 10.1. The van der Waals surface area contributed by atoms with Crippen LogP contribution >= 0.6 is 11.8 Å². The third-order valence-corrected chi connectivity index (χ3v) is 3.46. The predicted molar refractivity (Wildman–Crippen MR) is 78.5 cm³/mol. The van der Waals surface area contributed by atoms with Crippen LogP contribution in [-0.2, 0) is 4.79 Å². The fraction of sp³-hybridized carbons (Fsp3) is 0.200. The predicted octanol–water partition coefficient (Wildman–Crippen LogP) is 4.06. The topological polar surface area (TPSA) is 30.0 Å². The first-order chi connectivity index (χ1) is 9.16. The first kappa shape index (κ1) is 13.7. The molecule has 4 heteroatoms. The number of fused-ring (bicyclic) bond motifs is 1. The summed E-state index contributed by atoms with van der Waals surface area (Å²) in [5.41, 5.74) is 1.21. The van der Waals surface area contributed by atoms with Crippen LogP contribution in [0.5, 0.6) is 0 Å². The molecule has 1 aromatic heterocycles. The van der Waals surface area contributed by atoms with Crippen LogP contribution in [-0.4, -0.2) is 15.9 Å². The van der Waals surface area contributed by atoms with Crippen molar-refractivity contribution in [1.82, 2.24) is 4.98 Å². The van der Waals surface area contributed by atoms with Gasteiger partial charge in [-0.1, -0.05) is 30.0 Å². The summed E-state index contributed by atoms with van der Waals surface area (Å²) in [5, 5.41) is 1.03. The molecule has 1 heterocycles. The average molecular weight is 275 g/mol. The van der Waals surface area contributed by atoms with E-state index in [0.717, 1.165) is 17.6 Å². The first-order valence-electron chi connectivity index (χ1n) is 6.01. The number of halogens is 1. The third kappa shape index (κ3) is 3.89. The van der Waals surface area contributed by atoms with Crippen molar-refractivity contribution in [3.05, 3.63) is 47.9 Å². The van der Waals surface area contributed by atoms with Crippen LogP contribution in [0.25, 0.3) is 17.0 Å². The molecule has 2 aromatic rings. The van der Waals surface area contributed by atoms with Gasteiger partial charge in [-0.05, 0) is 18.6 Å². The Labute approximate surface area is 115 Å². The molecule has 0 radical (unpaired) electrons. The number of allylic oxidation sites excluding steroid dienone is 1. The maximum absolute atomic E-state index is 13.8. The standard InChI is InChI=1S/C15H14FNOS/c1-11(18)19-8-3-2-5-12-9-13-6-4-7-17-15(13)10-14(12)16/h2,4-7,9-10H,3,8H2,1H3. The van der Waals surface area contributed by atoms with Gasteiger partial charge in [0.25, 0.3) is 0 Å². The lowest BCUT2D eigenvalue weighted by Crippen LogP contribution is -1.86. The van der Waals surface area contributed by atoms with Crippen molar-refractivity contribution in [2.45, 2.75) is 13.3 Å². The Balaban J connectivity index is 2.09. The Bertz CT molecular complexity index is 625. The van der Waals surface area contributed by atoms with Crippen molar-refractivity contribution in [3.63, 3.8) is 0 Å². The highest BCUT2D eigenvalue weighted by Crippen LogP contribution is 2.18. The lowest BCUT2D eigenvalue weighted by Gasteiger charge is -2.01. The molecule has 0 aliphatic rings. The number of pyridine rings is 1. The van der Waals surface area contributed by atoms with Gasteiger partial charge in [0.05, 0.1) is 5.52 Å². The molecule has 0 saturated heterocycles. The van der Waals surface area contributed by atoms with Crippen LogP contribution in [0.1, 0.15) is 18.9 Å². The van der Waals surface area contributed by atoms with Crippen molar-refractivity contribution in [2.75, 3.05) is 5.75 Å². The minimum atomic E-state index is -0.276. The smallest absolute Gasteiger partial charge is 0.185 e. The van der Waals surface area contributed by atoms with Gasteiger partial charge in [0.1, 0.15) is 5.82 Å². The maximum Gasteiger partial charge on any atom is 0.185 e. The summed E-state index contributed by atoms with van der Waals surface area (Å²) in [5.74, 6) is 0.449. The number of carbonyl (C=O) groups is 1. The molecule has 98 valence electrons. The average Bonchev–Trinajstić information content (AvgIpc) is 2.38. The van der Waals surface area contributed by atoms with Gasteiger partial charge in [-0.15, -0.1) is 0 Å². The van der Waals surface area contributed by atoms with E-state index in [0.29, 0.717) is 11.1 Å². The fourth-order valence-corrected chi connectivity index (χ4v) is 2.26. The van der Waals surface area contributed by atoms with E-state index in [4.69, 9.17) is 0 Å². The van der Waals surface area contributed by atoms with Gasteiger partial charge in [-0.25, -0.2) is 4.39 Å². The Morgan fingerprint density at radius 2 is 2.32 bits per heavy atom. The van der Waals surface area contributed by atoms with E-state index in [-0.39, 0.29) is 10.9 Å². The van der Waals surface area contributed by atoms with E-state index in [1.807, 2.05) is 18.2 Å². The molecule has 0 bridgehead atoms. The Morgan fingerprint density at radius 1 is 1.47 bits per heavy atom. The van der Waals surface area contributed by atoms with Gasteiger partial charge in [-0.2, -0.15) is 0 Å². The molecule has 0 aliphatic carbocycles. The minimum absolute atomic E-state index is 0.108. The number of nitrogens with zero attached hydrogens (tertiary/aromatic N) is 1. The van der Waals surface area contributed by atoms with Crippen LogP contribution < -0.4 is 0 Å². The highest BCUT2D eigenvalue weighted by molar-refractivity contribution is 8.13. The van der Waals surface area contributed by atoms with Crippen molar-refractivity contribution in [2.24, 2.45) is 0 Å². The molecule has 2 rings (SSSR count). The van der Waals surface area contributed by atoms with Crippen molar-refractivity contribution >= 4 is 33.9 Å². The maximum atomic E-state index is 13.8. The number of hydrogen-bond acceptors (Lipinski definition) is 3. The molecule has 0 saturated carbocycles. The van der Waals surface area contributed by atoms with E-state index < -0.39 is 0 Å². The summed E-state index contributed by atoms with van der Waals surface area (Å²) in [4.78, 5) is 14.9. The zero-order valence-electron chi connectivity index (χ0n) is 10.6. The van der Waals surface area contributed by atoms with E-state index in [2.05, 4.69) is 4.98 Å². The number of rotatable bonds is 4. The monoisotopic (exact) mass is 275 g/mol. The molecule has 0 aliphatic heterocycles. The van der Waals surface area contributed by atoms with E-state index in [9.17, 15) is 9.18 Å². The molecule has 0 unspecified atom stereocenters.